The van der Waals surface area contributed by atoms with Crippen molar-refractivity contribution in [2.75, 3.05) is 6.54 Å². The number of aromatic hydroxyl groups is 1. The zero-order valence-corrected chi connectivity index (χ0v) is 12.4. The Morgan fingerprint density at radius 3 is 2.70 bits per heavy atom. The van der Waals surface area contributed by atoms with E-state index < -0.39 is 0 Å². The lowest BCUT2D eigenvalue weighted by atomic mass is 10.1. The standard InChI is InChI=1S/C17H20ClNO/c1-13(15-7-3-9-17(20)12-15)19-10-4-6-14-5-2-8-16(18)11-14/h2-3,5,7-9,11-13,19-20H,4,6,10H2,1H3/t13-/m1/s1. The van der Waals surface area contributed by atoms with Crippen LogP contribution >= 0.6 is 11.6 Å². The van der Waals surface area contributed by atoms with Gasteiger partial charge in [-0.3, -0.25) is 0 Å². The number of nitrogens with one attached hydrogen (secondary N) is 1. The summed E-state index contributed by atoms with van der Waals surface area (Å²) in [5, 5.41) is 13.7. The highest BCUT2D eigenvalue weighted by molar-refractivity contribution is 6.30. The fourth-order valence-corrected chi connectivity index (χ4v) is 2.43. The van der Waals surface area contributed by atoms with Gasteiger partial charge in [-0.2, -0.15) is 0 Å². The van der Waals surface area contributed by atoms with E-state index in [0.717, 1.165) is 30.0 Å². The molecule has 2 aromatic rings. The Bertz CT molecular complexity index is 556. The van der Waals surface area contributed by atoms with Crippen molar-refractivity contribution in [1.82, 2.24) is 5.32 Å². The average molecular weight is 290 g/mol. The summed E-state index contributed by atoms with van der Waals surface area (Å²) in [5.74, 6) is 0.315. The molecule has 1 atom stereocenters. The summed E-state index contributed by atoms with van der Waals surface area (Å²) >= 11 is 5.96. The van der Waals surface area contributed by atoms with Gasteiger partial charge in [-0.05, 0) is 61.7 Å². The maximum Gasteiger partial charge on any atom is 0.115 e. The summed E-state index contributed by atoms with van der Waals surface area (Å²) in [4.78, 5) is 0. The molecule has 0 aromatic heterocycles. The van der Waals surface area contributed by atoms with E-state index in [4.69, 9.17) is 11.6 Å². The van der Waals surface area contributed by atoms with Gasteiger partial charge < -0.3 is 10.4 Å². The largest absolute Gasteiger partial charge is 0.508 e. The number of phenolic OH excluding ortho intramolecular Hbond substituents is 1. The molecule has 2 N–H and O–H groups in total. The minimum absolute atomic E-state index is 0.237. The molecule has 2 rings (SSSR count). The lowest BCUT2D eigenvalue weighted by Gasteiger charge is -2.14. The smallest absolute Gasteiger partial charge is 0.115 e. The molecule has 0 saturated heterocycles. The Hall–Kier alpha value is -1.51. The second-order valence-electron chi connectivity index (χ2n) is 5.00. The van der Waals surface area contributed by atoms with Crippen LogP contribution in [0.5, 0.6) is 5.75 Å². The Morgan fingerprint density at radius 2 is 1.95 bits per heavy atom. The van der Waals surface area contributed by atoms with Gasteiger partial charge in [0.05, 0.1) is 0 Å². The quantitative estimate of drug-likeness (QED) is 0.776. The molecule has 2 aromatic carbocycles. The zero-order valence-electron chi connectivity index (χ0n) is 11.6. The molecule has 0 spiro atoms. The highest BCUT2D eigenvalue weighted by Gasteiger charge is 2.04. The highest BCUT2D eigenvalue weighted by Crippen LogP contribution is 2.18. The van der Waals surface area contributed by atoms with Crippen molar-refractivity contribution in [3.8, 4) is 5.75 Å². The maximum absolute atomic E-state index is 9.47. The van der Waals surface area contributed by atoms with Crippen LogP contribution in [0.1, 0.15) is 30.5 Å². The molecule has 0 aliphatic carbocycles. The van der Waals surface area contributed by atoms with Crippen molar-refractivity contribution in [2.24, 2.45) is 0 Å². The molecule has 106 valence electrons. The number of aryl methyl sites for hydroxylation is 1. The van der Waals surface area contributed by atoms with Gasteiger partial charge in [-0.25, -0.2) is 0 Å². The molecule has 0 bridgehead atoms. The van der Waals surface area contributed by atoms with Crippen molar-refractivity contribution in [1.29, 1.82) is 0 Å². The van der Waals surface area contributed by atoms with Crippen molar-refractivity contribution in [3.63, 3.8) is 0 Å². The van der Waals surface area contributed by atoms with Crippen LogP contribution in [0, 0.1) is 0 Å². The molecule has 0 fully saturated rings. The molecule has 0 saturated carbocycles. The van der Waals surface area contributed by atoms with Gasteiger partial charge in [-0.15, -0.1) is 0 Å². The Labute approximate surface area is 125 Å². The average Bonchev–Trinajstić information content (AvgIpc) is 2.43. The van der Waals surface area contributed by atoms with Gasteiger partial charge >= 0.3 is 0 Å². The molecule has 2 nitrogen and oxygen atoms in total. The fraction of sp³-hybridized carbons (Fsp3) is 0.294. The predicted molar refractivity (Wildman–Crippen MR) is 84.3 cm³/mol. The second-order valence-corrected chi connectivity index (χ2v) is 5.44. The third-order valence-electron chi connectivity index (χ3n) is 3.35. The van der Waals surface area contributed by atoms with Crippen LogP contribution in [0.25, 0.3) is 0 Å². The minimum atomic E-state index is 0.237. The molecule has 20 heavy (non-hydrogen) atoms. The van der Waals surface area contributed by atoms with Crippen LogP contribution < -0.4 is 5.32 Å². The van der Waals surface area contributed by atoms with E-state index in [-0.39, 0.29) is 6.04 Å². The van der Waals surface area contributed by atoms with Crippen LogP contribution in [0.2, 0.25) is 5.02 Å². The lowest BCUT2D eigenvalue weighted by Crippen LogP contribution is -2.20. The van der Waals surface area contributed by atoms with Crippen molar-refractivity contribution < 1.29 is 5.11 Å². The summed E-state index contributed by atoms with van der Waals surface area (Å²) < 4.78 is 0. The van der Waals surface area contributed by atoms with Gasteiger partial charge in [-0.1, -0.05) is 35.9 Å². The van der Waals surface area contributed by atoms with E-state index in [1.807, 2.05) is 30.3 Å². The predicted octanol–water partition coefficient (Wildman–Crippen LogP) is 4.33. The van der Waals surface area contributed by atoms with E-state index in [0.29, 0.717) is 5.75 Å². The van der Waals surface area contributed by atoms with E-state index in [2.05, 4.69) is 18.3 Å². The number of phenols is 1. The zero-order chi connectivity index (χ0) is 14.4. The molecule has 0 amide bonds. The normalized spacial score (nSPS) is 12.3. The van der Waals surface area contributed by atoms with E-state index in [1.54, 1.807) is 12.1 Å². The van der Waals surface area contributed by atoms with Crippen molar-refractivity contribution >= 4 is 11.6 Å². The van der Waals surface area contributed by atoms with E-state index in [1.165, 1.54) is 5.56 Å². The van der Waals surface area contributed by atoms with Crippen molar-refractivity contribution in [3.05, 3.63) is 64.7 Å². The molecule has 0 aliphatic rings. The summed E-state index contributed by atoms with van der Waals surface area (Å²) in [6.45, 7) is 3.04. The van der Waals surface area contributed by atoms with Gasteiger partial charge in [0.25, 0.3) is 0 Å². The number of rotatable bonds is 6. The lowest BCUT2D eigenvalue weighted by molar-refractivity contribution is 0.472. The van der Waals surface area contributed by atoms with E-state index >= 15 is 0 Å². The first kappa shape index (κ1) is 14.9. The first-order valence-electron chi connectivity index (χ1n) is 6.92. The van der Waals surface area contributed by atoms with Crippen LogP contribution in [0.3, 0.4) is 0 Å². The number of hydrogen-bond acceptors (Lipinski definition) is 2. The third-order valence-corrected chi connectivity index (χ3v) is 3.59. The minimum Gasteiger partial charge on any atom is -0.508 e. The summed E-state index contributed by atoms with van der Waals surface area (Å²) in [5.41, 5.74) is 2.37. The van der Waals surface area contributed by atoms with Gasteiger partial charge in [0.1, 0.15) is 5.75 Å². The second kappa shape index (κ2) is 7.32. The highest BCUT2D eigenvalue weighted by atomic mass is 35.5. The molecule has 0 unspecified atom stereocenters. The van der Waals surface area contributed by atoms with Gasteiger partial charge in [0, 0.05) is 11.1 Å². The maximum atomic E-state index is 9.47. The van der Waals surface area contributed by atoms with Crippen molar-refractivity contribution in [2.45, 2.75) is 25.8 Å². The first-order valence-corrected chi connectivity index (χ1v) is 7.30. The van der Waals surface area contributed by atoms with Gasteiger partial charge in [0.15, 0.2) is 0 Å². The molecule has 3 heteroatoms. The first-order chi connectivity index (χ1) is 9.65. The number of benzene rings is 2. The molecule has 0 aliphatic heterocycles. The summed E-state index contributed by atoms with van der Waals surface area (Å²) in [7, 11) is 0. The molecule has 0 heterocycles. The fourth-order valence-electron chi connectivity index (χ4n) is 2.22. The molecular formula is C17H20ClNO. The number of halogens is 1. The summed E-state index contributed by atoms with van der Waals surface area (Å²) in [6, 6.07) is 15.6. The summed E-state index contributed by atoms with van der Waals surface area (Å²) in [6.07, 6.45) is 2.07. The topological polar surface area (TPSA) is 32.3 Å². The monoisotopic (exact) mass is 289 g/mol. The Kier molecular flexibility index (Phi) is 5.45. The Balaban J connectivity index is 1.76. The van der Waals surface area contributed by atoms with E-state index in [9.17, 15) is 5.11 Å². The SMILES string of the molecule is C[C@@H](NCCCc1cccc(Cl)c1)c1cccc(O)c1. The molecule has 0 radical (unpaired) electrons. The van der Waals surface area contributed by atoms with Crippen LogP contribution in [0.15, 0.2) is 48.5 Å². The third kappa shape index (κ3) is 4.55. The number of hydrogen-bond donors (Lipinski definition) is 2. The molecular weight excluding hydrogens is 270 g/mol. The van der Waals surface area contributed by atoms with Crippen LogP contribution in [-0.2, 0) is 6.42 Å². The van der Waals surface area contributed by atoms with Gasteiger partial charge in [0.2, 0.25) is 0 Å². The van der Waals surface area contributed by atoms with Crippen LogP contribution in [-0.4, -0.2) is 11.7 Å². The Morgan fingerprint density at radius 1 is 1.15 bits per heavy atom. The van der Waals surface area contributed by atoms with Crippen LogP contribution in [0.4, 0.5) is 0 Å².